The molecule has 4 heteroatoms. The number of halogens is 3. The van der Waals surface area contributed by atoms with Gasteiger partial charge in [0.2, 0.25) is 0 Å². The Morgan fingerprint density at radius 3 is 2.43 bits per heavy atom. The van der Waals surface area contributed by atoms with Gasteiger partial charge >= 0.3 is 0 Å². The third-order valence-corrected chi connectivity index (χ3v) is 3.85. The van der Waals surface area contributed by atoms with Gasteiger partial charge < -0.3 is 5.32 Å². The maximum atomic E-state index is 13.9. The second-order valence-electron chi connectivity index (χ2n) is 4.96. The van der Waals surface area contributed by atoms with Gasteiger partial charge in [0.15, 0.2) is 0 Å². The highest BCUT2D eigenvalue weighted by Gasteiger charge is 2.16. The monoisotopic (exact) mass is 309 g/mol. The Morgan fingerprint density at radius 2 is 1.81 bits per heavy atom. The molecule has 0 spiro atoms. The minimum absolute atomic E-state index is 0.0416. The van der Waals surface area contributed by atoms with Crippen LogP contribution in [-0.4, -0.2) is 13.1 Å². The Morgan fingerprint density at radius 1 is 1.10 bits per heavy atom. The van der Waals surface area contributed by atoms with Crippen LogP contribution in [-0.2, 0) is 6.42 Å². The van der Waals surface area contributed by atoms with Crippen molar-refractivity contribution in [2.45, 2.75) is 19.3 Å². The van der Waals surface area contributed by atoms with Gasteiger partial charge in [-0.25, -0.2) is 8.78 Å². The number of hydrogen-bond donors (Lipinski definition) is 1. The molecule has 0 radical (unpaired) electrons. The van der Waals surface area contributed by atoms with Crippen molar-refractivity contribution in [3.63, 3.8) is 0 Å². The van der Waals surface area contributed by atoms with E-state index in [0.29, 0.717) is 23.6 Å². The van der Waals surface area contributed by atoms with Crippen molar-refractivity contribution < 1.29 is 8.78 Å². The number of rotatable bonds is 6. The van der Waals surface area contributed by atoms with E-state index in [9.17, 15) is 8.78 Å². The fraction of sp³-hybridized carbons (Fsp3) is 0.294. The van der Waals surface area contributed by atoms with Gasteiger partial charge in [-0.1, -0.05) is 36.7 Å². The Labute approximate surface area is 128 Å². The molecule has 1 nitrogen and oxygen atoms in total. The van der Waals surface area contributed by atoms with Gasteiger partial charge in [-0.3, -0.25) is 0 Å². The Hall–Kier alpha value is -1.45. The Bertz CT molecular complexity index is 564. The van der Waals surface area contributed by atoms with E-state index in [0.717, 1.165) is 12.1 Å². The highest BCUT2D eigenvalue weighted by molar-refractivity contribution is 6.31. The molecule has 21 heavy (non-hydrogen) atoms. The first-order chi connectivity index (χ1) is 10.1. The van der Waals surface area contributed by atoms with Crippen molar-refractivity contribution in [1.82, 2.24) is 5.32 Å². The van der Waals surface area contributed by atoms with Crippen LogP contribution in [0.1, 0.15) is 24.0 Å². The minimum Gasteiger partial charge on any atom is -0.316 e. The van der Waals surface area contributed by atoms with Gasteiger partial charge in [0, 0.05) is 23.0 Å². The molecule has 1 atom stereocenters. The van der Waals surface area contributed by atoms with Crippen molar-refractivity contribution in [2.75, 3.05) is 13.1 Å². The minimum atomic E-state index is -0.300. The average molecular weight is 310 g/mol. The first-order valence-corrected chi connectivity index (χ1v) is 7.38. The summed E-state index contributed by atoms with van der Waals surface area (Å²) in [7, 11) is 0. The number of likely N-dealkylation sites (N-methyl/N-ethyl adjacent to an activating group) is 1. The maximum Gasteiger partial charge on any atom is 0.127 e. The fourth-order valence-electron chi connectivity index (χ4n) is 2.34. The lowest BCUT2D eigenvalue weighted by Gasteiger charge is -2.19. The van der Waals surface area contributed by atoms with E-state index in [1.807, 2.05) is 6.92 Å². The zero-order valence-corrected chi connectivity index (χ0v) is 12.6. The van der Waals surface area contributed by atoms with Crippen molar-refractivity contribution in [3.8, 4) is 0 Å². The lowest BCUT2D eigenvalue weighted by Crippen LogP contribution is -2.23. The van der Waals surface area contributed by atoms with Crippen LogP contribution in [0, 0.1) is 11.6 Å². The smallest absolute Gasteiger partial charge is 0.127 e. The van der Waals surface area contributed by atoms with Crippen LogP contribution in [0.4, 0.5) is 8.78 Å². The van der Waals surface area contributed by atoms with E-state index in [1.165, 1.54) is 18.2 Å². The zero-order chi connectivity index (χ0) is 15.2. The van der Waals surface area contributed by atoms with Gasteiger partial charge in [0.25, 0.3) is 0 Å². The summed E-state index contributed by atoms with van der Waals surface area (Å²) in [5, 5.41) is 3.69. The lowest BCUT2D eigenvalue weighted by molar-refractivity contribution is 0.560. The molecule has 0 fully saturated rings. The molecule has 0 aliphatic heterocycles. The first kappa shape index (κ1) is 15.9. The van der Waals surface area contributed by atoms with Crippen LogP contribution >= 0.6 is 11.6 Å². The quantitative estimate of drug-likeness (QED) is 0.825. The van der Waals surface area contributed by atoms with E-state index < -0.39 is 0 Å². The normalized spacial score (nSPS) is 12.4. The van der Waals surface area contributed by atoms with Crippen molar-refractivity contribution in [2.24, 2.45) is 0 Å². The molecule has 0 bridgehead atoms. The number of nitrogens with one attached hydrogen (secondary N) is 1. The van der Waals surface area contributed by atoms with Crippen LogP contribution in [0.3, 0.4) is 0 Å². The summed E-state index contributed by atoms with van der Waals surface area (Å²) in [5.41, 5.74) is 1.48. The van der Waals surface area contributed by atoms with E-state index in [4.69, 9.17) is 11.6 Å². The van der Waals surface area contributed by atoms with E-state index in [-0.39, 0.29) is 17.6 Å². The molecule has 0 aliphatic rings. The third kappa shape index (κ3) is 4.26. The highest BCUT2D eigenvalue weighted by atomic mass is 35.5. The van der Waals surface area contributed by atoms with Gasteiger partial charge in [0.1, 0.15) is 11.6 Å². The molecule has 2 aromatic carbocycles. The van der Waals surface area contributed by atoms with Crippen molar-refractivity contribution in [1.29, 1.82) is 0 Å². The predicted molar refractivity (Wildman–Crippen MR) is 82.8 cm³/mol. The Kier molecular flexibility index (Phi) is 5.71. The molecule has 0 aliphatic carbocycles. The molecule has 2 rings (SSSR count). The SMILES string of the molecule is CCNCC(Cc1c(F)cccc1Cl)c1ccc(F)cc1. The van der Waals surface area contributed by atoms with E-state index in [1.54, 1.807) is 24.3 Å². The summed E-state index contributed by atoms with van der Waals surface area (Å²) in [4.78, 5) is 0. The Balaban J connectivity index is 2.26. The molecule has 0 saturated carbocycles. The molecule has 1 unspecified atom stereocenters. The fourth-order valence-corrected chi connectivity index (χ4v) is 2.58. The summed E-state index contributed by atoms with van der Waals surface area (Å²) in [6.45, 7) is 3.52. The predicted octanol–water partition coefficient (Wildman–Crippen LogP) is 4.55. The van der Waals surface area contributed by atoms with Crippen LogP contribution in [0.5, 0.6) is 0 Å². The summed E-state index contributed by atoms with van der Waals surface area (Å²) in [5.74, 6) is -0.532. The summed E-state index contributed by atoms with van der Waals surface area (Å²) in [6.07, 6.45) is 0.476. The van der Waals surface area contributed by atoms with Gasteiger partial charge in [-0.05, 0) is 42.8 Å². The maximum absolute atomic E-state index is 13.9. The van der Waals surface area contributed by atoms with Crippen molar-refractivity contribution >= 4 is 11.6 Å². The molecular formula is C17H18ClF2N. The lowest BCUT2D eigenvalue weighted by atomic mass is 9.91. The summed E-state index contributed by atoms with van der Waals surface area (Å²) in [6, 6.07) is 11.0. The van der Waals surface area contributed by atoms with Crippen LogP contribution in [0.25, 0.3) is 0 Å². The topological polar surface area (TPSA) is 12.0 Å². The second-order valence-corrected chi connectivity index (χ2v) is 5.37. The third-order valence-electron chi connectivity index (χ3n) is 3.49. The number of hydrogen-bond acceptors (Lipinski definition) is 1. The average Bonchev–Trinajstić information content (AvgIpc) is 2.47. The van der Waals surface area contributed by atoms with E-state index >= 15 is 0 Å². The first-order valence-electron chi connectivity index (χ1n) is 7.01. The van der Waals surface area contributed by atoms with Gasteiger partial charge in [0.05, 0.1) is 0 Å². The van der Waals surface area contributed by atoms with Crippen LogP contribution in [0.2, 0.25) is 5.02 Å². The summed E-state index contributed by atoms with van der Waals surface area (Å²) < 4.78 is 27.0. The molecule has 1 N–H and O–H groups in total. The van der Waals surface area contributed by atoms with Gasteiger partial charge in [-0.2, -0.15) is 0 Å². The standard InChI is InChI=1S/C17H18ClF2N/c1-2-21-11-13(12-6-8-14(19)9-7-12)10-15-16(18)4-3-5-17(15)20/h3-9,13,21H,2,10-11H2,1H3. The van der Waals surface area contributed by atoms with Gasteiger partial charge in [-0.15, -0.1) is 0 Å². The second kappa shape index (κ2) is 7.53. The van der Waals surface area contributed by atoms with Crippen LogP contribution in [0.15, 0.2) is 42.5 Å². The molecule has 0 aromatic heterocycles. The highest BCUT2D eigenvalue weighted by Crippen LogP contribution is 2.27. The number of benzene rings is 2. The van der Waals surface area contributed by atoms with E-state index in [2.05, 4.69) is 5.32 Å². The zero-order valence-electron chi connectivity index (χ0n) is 11.9. The summed E-state index contributed by atoms with van der Waals surface area (Å²) >= 11 is 6.10. The molecule has 0 saturated heterocycles. The molecule has 2 aromatic rings. The molecule has 0 heterocycles. The largest absolute Gasteiger partial charge is 0.316 e. The van der Waals surface area contributed by atoms with Crippen LogP contribution < -0.4 is 5.32 Å². The van der Waals surface area contributed by atoms with Crippen molar-refractivity contribution in [3.05, 3.63) is 70.2 Å². The molecular weight excluding hydrogens is 292 g/mol. The molecule has 0 amide bonds. The molecule has 112 valence electrons.